The fraction of sp³-hybridized carbons (Fsp3) is 0.214. The number of ether oxygens (including phenoxy) is 2. The highest BCUT2D eigenvalue weighted by Gasteiger charge is 2.41. The summed E-state index contributed by atoms with van der Waals surface area (Å²) >= 11 is 0. The van der Waals surface area contributed by atoms with Crippen LogP contribution in [-0.4, -0.2) is 25.5 Å². The molecule has 3 aromatic rings. The van der Waals surface area contributed by atoms with Gasteiger partial charge in [0.25, 0.3) is 11.8 Å². The number of carbonyl (C=O) groups is 2. The van der Waals surface area contributed by atoms with Crippen molar-refractivity contribution in [1.82, 2.24) is 0 Å². The summed E-state index contributed by atoms with van der Waals surface area (Å²) in [5.41, 5.74) is 4.25. The Morgan fingerprint density at radius 1 is 0.853 bits per heavy atom. The van der Waals surface area contributed by atoms with Gasteiger partial charge in [-0.2, -0.15) is 0 Å². The number of hydrogen-bond donors (Lipinski definition) is 1. The number of anilines is 2. The summed E-state index contributed by atoms with van der Waals surface area (Å²) in [5.74, 6) is 0.211. The van der Waals surface area contributed by atoms with E-state index in [9.17, 15) is 9.59 Å². The average molecular weight is 457 g/mol. The van der Waals surface area contributed by atoms with Crippen LogP contribution in [0.3, 0.4) is 0 Å². The first-order valence-electron chi connectivity index (χ1n) is 11.3. The summed E-state index contributed by atoms with van der Waals surface area (Å²) in [7, 11) is 1.57. The molecule has 1 N–H and O–H groups in total. The third-order valence-corrected chi connectivity index (χ3v) is 5.61. The molecule has 0 saturated carbocycles. The zero-order valence-electron chi connectivity index (χ0n) is 19.8. The molecule has 0 saturated heterocycles. The molecule has 0 atom stereocenters. The summed E-state index contributed by atoms with van der Waals surface area (Å²) in [6.45, 7) is 6.42. The Morgan fingerprint density at radius 2 is 1.56 bits per heavy atom. The van der Waals surface area contributed by atoms with E-state index in [0.717, 1.165) is 17.5 Å². The summed E-state index contributed by atoms with van der Waals surface area (Å²) in [4.78, 5) is 28.7. The van der Waals surface area contributed by atoms with Gasteiger partial charge >= 0.3 is 0 Å². The van der Waals surface area contributed by atoms with E-state index in [4.69, 9.17) is 9.47 Å². The molecular formula is C28H28N2O4. The van der Waals surface area contributed by atoms with Crippen molar-refractivity contribution in [3.05, 3.63) is 89.1 Å². The van der Waals surface area contributed by atoms with E-state index in [-0.39, 0.29) is 5.70 Å². The zero-order valence-corrected chi connectivity index (χ0v) is 19.8. The highest BCUT2D eigenvalue weighted by atomic mass is 16.5. The number of hydrogen-bond acceptors (Lipinski definition) is 5. The minimum absolute atomic E-state index is 0.197. The number of benzene rings is 3. The highest BCUT2D eigenvalue weighted by Crippen LogP contribution is 2.39. The molecule has 1 heterocycles. The molecule has 0 aromatic heterocycles. The van der Waals surface area contributed by atoms with Gasteiger partial charge in [-0.15, -0.1) is 0 Å². The van der Waals surface area contributed by atoms with Gasteiger partial charge in [0.05, 0.1) is 30.7 Å². The molecule has 0 bridgehead atoms. The molecule has 6 heteroatoms. The van der Waals surface area contributed by atoms with Crippen molar-refractivity contribution in [2.45, 2.75) is 27.2 Å². The van der Waals surface area contributed by atoms with E-state index in [1.807, 2.05) is 69.3 Å². The predicted molar refractivity (Wildman–Crippen MR) is 134 cm³/mol. The molecule has 1 aliphatic rings. The fourth-order valence-corrected chi connectivity index (χ4v) is 3.88. The highest BCUT2D eigenvalue weighted by molar-refractivity contribution is 6.46. The SMILES string of the molecule is CCCOc1ccccc1N1C(=O)C(Nc2cc(C)ccc2OC)=C(c2ccc(C)cc2)C1=O. The molecule has 0 radical (unpaired) electrons. The number of carbonyl (C=O) groups excluding carboxylic acids is 2. The maximum Gasteiger partial charge on any atom is 0.282 e. The number of para-hydroxylation sites is 2. The first-order valence-corrected chi connectivity index (χ1v) is 11.3. The second kappa shape index (κ2) is 9.83. The molecular weight excluding hydrogens is 428 g/mol. The summed E-state index contributed by atoms with van der Waals surface area (Å²) in [5, 5.41) is 3.21. The molecule has 4 rings (SSSR count). The molecule has 0 fully saturated rings. The van der Waals surface area contributed by atoms with Crippen molar-refractivity contribution in [1.29, 1.82) is 0 Å². The summed E-state index contributed by atoms with van der Waals surface area (Å²) in [6, 6.07) is 20.3. The monoisotopic (exact) mass is 456 g/mol. The Balaban J connectivity index is 1.84. The van der Waals surface area contributed by atoms with Gasteiger partial charge in [-0.3, -0.25) is 9.59 Å². The number of amides is 2. The first-order chi connectivity index (χ1) is 16.4. The summed E-state index contributed by atoms with van der Waals surface area (Å²) in [6.07, 6.45) is 0.809. The van der Waals surface area contributed by atoms with Gasteiger partial charge in [0.2, 0.25) is 0 Å². The molecule has 0 spiro atoms. The first kappa shape index (κ1) is 23.1. The largest absolute Gasteiger partial charge is 0.495 e. The van der Waals surface area contributed by atoms with Gasteiger partial charge in [-0.05, 0) is 55.7 Å². The Kier molecular flexibility index (Phi) is 6.68. The van der Waals surface area contributed by atoms with Crippen LogP contribution in [0.15, 0.2) is 72.4 Å². The van der Waals surface area contributed by atoms with Crippen LogP contribution in [0.1, 0.15) is 30.0 Å². The van der Waals surface area contributed by atoms with Crippen molar-refractivity contribution in [3.8, 4) is 11.5 Å². The third-order valence-electron chi connectivity index (χ3n) is 5.61. The van der Waals surface area contributed by atoms with Crippen molar-refractivity contribution in [2.24, 2.45) is 0 Å². The Labute approximate surface area is 199 Å². The topological polar surface area (TPSA) is 67.9 Å². The molecule has 0 aliphatic carbocycles. The second-order valence-corrected chi connectivity index (χ2v) is 8.21. The molecule has 174 valence electrons. The van der Waals surface area contributed by atoms with Crippen LogP contribution in [0.25, 0.3) is 5.57 Å². The van der Waals surface area contributed by atoms with E-state index in [1.165, 1.54) is 4.90 Å². The van der Waals surface area contributed by atoms with Crippen molar-refractivity contribution < 1.29 is 19.1 Å². The van der Waals surface area contributed by atoms with Gasteiger partial charge < -0.3 is 14.8 Å². The Morgan fingerprint density at radius 3 is 2.26 bits per heavy atom. The molecule has 1 aliphatic heterocycles. The van der Waals surface area contributed by atoms with E-state index in [0.29, 0.717) is 40.6 Å². The van der Waals surface area contributed by atoms with E-state index < -0.39 is 11.8 Å². The molecule has 2 amide bonds. The number of rotatable bonds is 8. The number of imide groups is 1. The third kappa shape index (κ3) is 4.39. The average Bonchev–Trinajstić information content (AvgIpc) is 3.08. The van der Waals surface area contributed by atoms with Crippen molar-refractivity contribution >= 4 is 28.8 Å². The van der Waals surface area contributed by atoms with Gasteiger partial charge in [0.1, 0.15) is 17.2 Å². The lowest BCUT2D eigenvalue weighted by Gasteiger charge is -2.19. The van der Waals surface area contributed by atoms with Crippen LogP contribution in [0, 0.1) is 13.8 Å². The van der Waals surface area contributed by atoms with E-state index >= 15 is 0 Å². The van der Waals surface area contributed by atoms with Crippen LogP contribution in [0.4, 0.5) is 11.4 Å². The van der Waals surface area contributed by atoms with Crippen molar-refractivity contribution in [2.75, 3.05) is 23.9 Å². The maximum absolute atomic E-state index is 13.8. The number of aryl methyl sites for hydroxylation is 2. The minimum atomic E-state index is -0.448. The Bertz CT molecular complexity index is 1260. The smallest absolute Gasteiger partial charge is 0.282 e. The lowest BCUT2D eigenvalue weighted by atomic mass is 10.0. The quantitative estimate of drug-likeness (QED) is 0.454. The van der Waals surface area contributed by atoms with Crippen LogP contribution in [-0.2, 0) is 9.59 Å². The molecule has 6 nitrogen and oxygen atoms in total. The minimum Gasteiger partial charge on any atom is -0.495 e. The molecule has 0 unspecified atom stereocenters. The summed E-state index contributed by atoms with van der Waals surface area (Å²) < 4.78 is 11.3. The second-order valence-electron chi connectivity index (χ2n) is 8.21. The van der Waals surface area contributed by atoms with E-state index in [1.54, 1.807) is 25.3 Å². The lowest BCUT2D eigenvalue weighted by Crippen LogP contribution is -2.32. The maximum atomic E-state index is 13.8. The van der Waals surface area contributed by atoms with Gasteiger partial charge in [0.15, 0.2) is 0 Å². The van der Waals surface area contributed by atoms with Gasteiger partial charge in [-0.1, -0.05) is 55.0 Å². The van der Waals surface area contributed by atoms with Crippen LogP contribution < -0.4 is 19.7 Å². The number of nitrogens with zero attached hydrogens (tertiary/aromatic N) is 1. The van der Waals surface area contributed by atoms with Crippen LogP contribution >= 0.6 is 0 Å². The van der Waals surface area contributed by atoms with Crippen LogP contribution in [0.5, 0.6) is 11.5 Å². The van der Waals surface area contributed by atoms with Crippen molar-refractivity contribution in [3.63, 3.8) is 0 Å². The fourth-order valence-electron chi connectivity index (χ4n) is 3.88. The van der Waals surface area contributed by atoms with Crippen LogP contribution in [0.2, 0.25) is 0 Å². The standard InChI is InChI=1S/C28H28N2O4/c1-5-16-34-24-9-7-6-8-22(24)30-27(31)25(20-13-10-18(2)11-14-20)26(28(30)32)29-21-17-19(3)12-15-23(21)33-4/h6-15,17,29H,5,16H2,1-4H3. The Hall–Kier alpha value is -4.06. The molecule has 34 heavy (non-hydrogen) atoms. The van der Waals surface area contributed by atoms with Gasteiger partial charge in [0, 0.05) is 0 Å². The zero-order chi connectivity index (χ0) is 24.2. The molecule has 3 aromatic carbocycles. The normalized spacial score (nSPS) is 13.5. The van der Waals surface area contributed by atoms with E-state index in [2.05, 4.69) is 5.32 Å². The number of nitrogens with one attached hydrogen (secondary N) is 1. The number of methoxy groups -OCH3 is 1. The lowest BCUT2D eigenvalue weighted by molar-refractivity contribution is -0.120. The van der Waals surface area contributed by atoms with Gasteiger partial charge in [-0.25, -0.2) is 4.90 Å². The predicted octanol–water partition coefficient (Wildman–Crippen LogP) is 5.50.